The number of nitrogens with zero attached hydrogens (tertiary/aromatic N) is 1. The maximum Gasteiger partial charge on any atom is 0.331 e. The first kappa shape index (κ1) is 17.3. The molecule has 0 amide bonds. The van der Waals surface area contributed by atoms with E-state index < -0.39 is 11.2 Å². The fourth-order valence-electron chi connectivity index (χ4n) is 1.93. The highest BCUT2D eigenvalue weighted by atomic mass is 32.2. The SMILES string of the molecule is COc1ccccc1Sc1c(C)c(=O)[nH]c(=O)n1COCCO. The molecule has 0 saturated heterocycles. The molecular formula is C15H18N2O5S. The molecule has 0 spiro atoms. The van der Waals surface area contributed by atoms with Crippen LogP contribution in [0.25, 0.3) is 0 Å². The minimum Gasteiger partial charge on any atom is -0.496 e. The second kappa shape index (κ2) is 8.00. The Morgan fingerprint density at radius 1 is 1.30 bits per heavy atom. The standard InChI is InChI=1S/C15H18N2O5S/c1-10-13(19)16-15(20)17(9-22-8-7-18)14(10)23-12-6-4-3-5-11(12)21-2/h3-6,18H,7-9H2,1-2H3,(H,16,19,20). The molecule has 2 aromatic rings. The first-order valence-corrected chi connectivity index (χ1v) is 7.73. The zero-order valence-electron chi connectivity index (χ0n) is 12.9. The molecule has 1 aromatic carbocycles. The van der Waals surface area contributed by atoms with E-state index in [2.05, 4.69) is 4.98 Å². The molecule has 0 atom stereocenters. The number of rotatable bonds is 7. The lowest BCUT2D eigenvalue weighted by Crippen LogP contribution is -2.33. The predicted octanol–water partition coefficient (Wildman–Crippen LogP) is 0.971. The number of aromatic nitrogens is 2. The molecule has 2 rings (SSSR count). The summed E-state index contributed by atoms with van der Waals surface area (Å²) in [6, 6.07) is 7.33. The molecule has 7 nitrogen and oxygen atoms in total. The number of nitrogens with one attached hydrogen (secondary N) is 1. The Labute approximate surface area is 136 Å². The predicted molar refractivity (Wildman–Crippen MR) is 86.2 cm³/mol. The van der Waals surface area contributed by atoms with Crippen molar-refractivity contribution in [2.45, 2.75) is 23.6 Å². The largest absolute Gasteiger partial charge is 0.496 e. The number of hydrogen-bond acceptors (Lipinski definition) is 6. The molecule has 0 fully saturated rings. The van der Waals surface area contributed by atoms with Crippen molar-refractivity contribution < 1.29 is 14.6 Å². The highest BCUT2D eigenvalue weighted by Gasteiger charge is 2.15. The van der Waals surface area contributed by atoms with Crippen molar-refractivity contribution in [1.29, 1.82) is 0 Å². The van der Waals surface area contributed by atoms with Crippen LogP contribution >= 0.6 is 11.8 Å². The molecule has 0 aliphatic carbocycles. The molecule has 8 heteroatoms. The number of aliphatic hydroxyl groups is 1. The van der Waals surface area contributed by atoms with Gasteiger partial charge in [0.05, 0.1) is 30.2 Å². The Morgan fingerprint density at radius 2 is 2.04 bits per heavy atom. The van der Waals surface area contributed by atoms with Crippen molar-refractivity contribution in [1.82, 2.24) is 9.55 Å². The first-order valence-electron chi connectivity index (χ1n) is 6.91. The molecule has 0 aliphatic rings. The minimum absolute atomic E-state index is 0.0610. The Hall–Kier alpha value is -2.03. The van der Waals surface area contributed by atoms with E-state index in [-0.39, 0.29) is 19.9 Å². The van der Waals surface area contributed by atoms with Crippen molar-refractivity contribution in [2.75, 3.05) is 20.3 Å². The quantitative estimate of drug-likeness (QED) is 0.577. The number of aromatic amines is 1. The number of benzene rings is 1. The lowest BCUT2D eigenvalue weighted by atomic mass is 10.3. The van der Waals surface area contributed by atoms with Crippen LogP contribution < -0.4 is 16.0 Å². The van der Waals surface area contributed by atoms with Gasteiger partial charge in [-0.05, 0) is 19.1 Å². The van der Waals surface area contributed by atoms with Crippen molar-refractivity contribution in [3.05, 3.63) is 50.7 Å². The van der Waals surface area contributed by atoms with E-state index in [4.69, 9.17) is 14.6 Å². The highest BCUT2D eigenvalue weighted by molar-refractivity contribution is 7.99. The average Bonchev–Trinajstić information content (AvgIpc) is 2.55. The summed E-state index contributed by atoms with van der Waals surface area (Å²) < 4.78 is 11.8. The van der Waals surface area contributed by atoms with Crippen LogP contribution in [-0.2, 0) is 11.5 Å². The van der Waals surface area contributed by atoms with Crippen molar-refractivity contribution in [3.8, 4) is 5.75 Å². The fourth-order valence-corrected chi connectivity index (χ4v) is 3.03. The summed E-state index contributed by atoms with van der Waals surface area (Å²) in [6.07, 6.45) is 0. The van der Waals surface area contributed by atoms with Crippen LogP contribution in [0.4, 0.5) is 0 Å². The number of ether oxygens (including phenoxy) is 2. The van der Waals surface area contributed by atoms with Crippen LogP contribution in [0.3, 0.4) is 0 Å². The van der Waals surface area contributed by atoms with Crippen molar-refractivity contribution in [3.63, 3.8) is 0 Å². The first-order chi connectivity index (χ1) is 11.1. The molecule has 0 aliphatic heterocycles. The molecule has 2 N–H and O–H groups in total. The van der Waals surface area contributed by atoms with Gasteiger partial charge in [0.25, 0.3) is 5.56 Å². The molecule has 0 unspecified atom stereocenters. The summed E-state index contributed by atoms with van der Waals surface area (Å²) in [5.74, 6) is 0.646. The van der Waals surface area contributed by atoms with E-state index in [1.807, 2.05) is 18.2 Å². The molecule has 23 heavy (non-hydrogen) atoms. The average molecular weight is 338 g/mol. The maximum absolute atomic E-state index is 12.1. The van der Waals surface area contributed by atoms with Gasteiger partial charge in [0.1, 0.15) is 12.5 Å². The van der Waals surface area contributed by atoms with Crippen LogP contribution in [-0.4, -0.2) is 35.0 Å². The summed E-state index contributed by atoms with van der Waals surface area (Å²) in [6.45, 7) is 1.53. The van der Waals surface area contributed by atoms with Gasteiger partial charge in [-0.1, -0.05) is 23.9 Å². The van der Waals surface area contributed by atoms with Crippen LogP contribution in [0.2, 0.25) is 0 Å². The van der Waals surface area contributed by atoms with Gasteiger partial charge < -0.3 is 14.6 Å². The monoisotopic (exact) mass is 338 g/mol. The second-order valence-corrected chi connectivity index (χ2v) is 5.66. The van der Waals surface area contributed by atoms with E-state index in [9.17, 15) is 9.59 Å². The topological polar surface area (TPSA) is 93.6 Å². The third-order valence-electron chi connectivity index (χ3n) is 3.10. The Kier molecular flexibility index (Phi) is 6.03. The van der Waals surface area contributed by atoms with Gasteiger partial charge in [0, 0.05) is 5.56 Å². The minimum atomic E-state index is -0.559. The zero-order chi connectivity index (χ0) is 16.8. The Balaban J connectivity index is 2.47. The molecule has 0 saturated carbocycles. The van der Waals surface area contributed by atoms with E-state index >= 15 is 0 Å². The van der Waals surface area contributed by atoms with Gasteiger partial charge in [-0.25, -0.2) is 4.79 Å². The van der Waals surface area contributed by atoms with E-state index in [0.29, 0.717) is 16.3 Å². The van der Waals surface area contributed by atoms with E-state index in [1.165, 1.54) is 16.3 Å². The number of hydrogen-bond donors (Lipinski definition) is 2. The zero-order valence-corrected chi connectivity index (χ0v) is 13.7. The summed E-state index contributed by atoms with van der Waals surface area (Å²) in [7, 11) is 1.56. The third kappa shape index (κ3) is 4.04. The molecule has 0 radical (unpaired) electrons. The molecule has 0 bridgehead atoms. The van der Waals surface area contributed by atoms with Crippen LogP contribution in [0.15, 0.2) is 43.8 Å². The molecule has 1 aromatic heterocycles. The molecule has 1 heterocycles. The van der Waals surface area contributed by atoms with Crippen LogP contribution in [0.5, 0.6) is 5.75 Å². The number of aliphatic hydroxyl groups excluding tert-OH is 1. The summed E-state index contributed by atoms with van der Waals surface area (Å²) >= 11 is 1.25. The van der Waals surface area contributed by atoms with Gasteiger partial charge >= 0.3 is 5.69 Å². The van der Waals surface area contributed by atoms with Gasteiger partial charge in [0.2, 0.25) is 0 Å². The Bertz CT molecular complexity index is 784. The van der Waals surface area contributed by atoms with Crippen molar-refractivity contribution in [2.24, 2.45) is 0 Å². The van der Waals surface area contributed by atoms with E-state index in [0.717, 1.165) is 4.90 Å². The molecule has 124 valence electrons. The maximum atomic E-state index is 12.1. The van der Waals surface area contributed by atoms with Crippen LogP contribution in [0.1, 0.15) is 5.56 Å². The lowest BCUT2D eigenvalue weighted by Gasteiger charge is -2.15. The summed E-state index contributed by atoms with van der Waals surface area (Å²) in [5.41, 5.74) is -0.588. The fraction of sp³-hybridized carbons (Fsp3) is 0.333. The van der Waals surface area contributed by atoms with E-state index in [1.54, 1.807) is 20.1 Å². The summed E-state index contributed by atoms with van der Waals surface area (Å²) in [4.78, 5) is 27.0. The smallest absolute Gasteiger partial charge is 0.331 e. The third-order valence-corrected chi connectivity index (χ3v) is 4.38. The number of H-pyrrole nitrogens is 1. The van der Waals surface area contributed by atoms with Gasteiger partial charge in [0.15, 0.2) is 0 Å². The Morgan fingerprint density at radius 3 is 2.74 bits per heavy atom. The van der Waals surface area contributed by atoms with Crippen molar-refractivity contribution >= 4 is 11.8 Å². The lowest BCUT2D eigenvalue weighted by molar-refractivity contribution is 0.0411. The van der Waals surface area contributed by atoms with Gasteiger partial charge in [-0.2, -0.15) is 0 Å². The summed E-state index contributed by atoms with van der Waals surface area (Å²) in [5, 5.41) is 9.27. The highest BCUT2D eigenvalue weighted by Crippen LogP contribution is 2.34. The van der Waals surface area contributed by atoms with Crippen LogP contribution in [0, 0.1) is 6.92 Å². The van der Waals surface area contributed by atoms with Gasteiger partial charge in [-0.3, -0.25) is 14.3 Å². The van der Waals surface area contributed by atoms with Gasteiger partial charge in [-0.15, -0.1) is 0 Å². The normalized spacial score (nSPS) is 10.7. The second-order valence-electron chi connectivity index (χ2n) is 4.63. The number of methoxy groups -OCH3 is 1. The molecular weight excluding hydrogens is 320 g/mol. The number of para-hydroxylation sites is 1.